The summed E-state index contributed by atoms with van der Waals surface area (Å²) in [5.74, 6) is -0.477. The van der Waals surface area contributed by atoms with E-state index >= 15 is 0 Å². The molecule has 2 aromatic rings. The predicted molar refractivity (Wildman–Crippen MR) is 70.3 cm³/mol. The molecule has 0 spiro atoms. The van der Waals surface area contributed by atoms with Crippen molar-refractivity contribution in [3.8, 4) is 5.06 Å². The average Bonchev–Trinajstić information content (AvgIpc) is 2.87. The van der Waals surface area contributed by atoms with Crippen LogP contribution >= 0.6 is 11.3 Å². The number of hydrogen-bond acceptors (Lipinski definition) is 5. The van der Waals surface area contributed by atoms with Gasteiger partial charge < -0.3 is 9.57 Å². The third-order valence-electron chi connectivity index (χ3n) is 2.13. The maximum absolute atomic E-state index is 11.5. The Hall–Kier alpha value is -2.14. The van der Waals surface area contributed by atoms with Crippen LogP contribution in [0.5, 0.6) is 5.06 Å². The lowest BCUT2D eigenvalue weighted by atomic mass is 10.2. The van der Waals surface area contributed by atoms with Crippen molar-refractivity contribution < 1.29 is 14.4 Å². The van der Waals surface area contributed by atoms with Crippen molar-refractivity contribution in [2.45, 2.75) is 0 Å². The molecule has 0 bridgehead atoms. The summed E-state index contributed by atoms with van der Waals surface area (Å²) in [7, 11) is 1.60. The summed E-state index contributed by atoms with van der Waals surface area (Å²) in [4.78, 5) is 17.2. The minimum atomic E-state index is -0.477. The summed E-state index contributed by atoms with van der Waals surface area (Å²) in [5.41, 5.74) is 0.471. The van der Waals surface area contributed by atoms with E-state index in [1.165, 1.54) is 17.6 Å². The summed E-state index contributed by atoms with van der Waals surface area (Å²) in [6.45, 7) is 0. The monoisotopic (exact) mass is 261 g/mol. The van der Waals surface area contributed by atoms with Gasteiger partial charge in [0.15, 0.2) is 5.06 Å². The molecule has 2 rings (SSSR count). The quantitative estimate of drug-likeness (QED) is 0.483. The Balaban J connectivity index is 1.93. The number of methoxy groups -OCH3 is 1. The molecule has 0 N–H and O–H groups in total. The fraction of sp³-hybridized carbons (Fsp3) is 0.0769. The second-order valence-corrected chi connectivity index (χ2v) is 4.42. The maximum Gasteiger partial charge on any atom is 0.365 e. The number of hydrogen-bond donors (Lipinski definition) is 0. The molecule has 18 heavy (non-hydrogen) atoms. The normalized spacial score (nSPS) is 10.5. The number of oxime groups is 1. The molecule has 4 nitrogen and oxygen atoms in total. The number of rotatable bonds is 4. The van der Waals surface area contributed by atoms with Gasteiger partial charge in [-0.05, 0) is 24.3 Å². The molecule has 0 aliphatic carbocycles. The van der Waals surface area contributed by atoms with Crippen LogP contribution < -0.4 is 4.74 Å². The molecule has 0 saturated carbocycles. The lowest BCUT2D eigenvalue weighted by molar-refractivity contribution is 0.0519. The summed E-state index contributed by atoms with van der Waals surface area (Å²) < 4.78 is 5.04. The van der Waals surface area contributed by atoms with Crippen LogP contribution in [0.2, 0.25) is 0 Å². The Morgan fingerprint density at radius 2 is 2.00 bits per heavy atom. The molecule has 0 amide bonds. The van der Waals surface area contributed by atoms with Gasteiger partial charge in [-0.25, -0.2) is 4.79 Å². The van der Waals surface area contributed by atoms with Crippen molar-refractivity contribution in [1.82, 2.24) is 0 Å². The first-order valence-electron chi connectivity index (χ1n) is 5.23. The highest BCUT2D eigenvalue weighted by Gasteiger charge is 2.04. The Morgan fingerprint density at radius 3 is 2.67 bits per heavy atom. The predicted octanol–water partition coefficient (Wildman–Crippen LogP) is 2.95. The fourth-order valence-electron chi connectivity index (χ4n) is 1.27. The van der Waals surface area contributed by atoms with Crippen LogP contribution in [0, 0.1) is 0 Å². The van der Waals surface area contributed by atoms with Crippen molar-refractivity contribution in [1.29, 1.82) is 0 Å². The SMILES string of the molecule is COc1ccc(/C=N\OC(=O)c2ccccc2)s1. The van der Waals surface area contributed by atoms with Crippen LogP contribution in [0.3, 0.4) is 0 Å². The molecule has 0 aliphatic rings. The summed E-state index contributed by atoms with van der Waals surface area (Å²) in [5, 5.41) is 4.43. The second kappa shape index (κ2) is 5.97. The molecule has 0 radical (unpaired) electrons. The molecular weight excluding hydrogens is 250 g/mol. The zero-order valence-electron chi connectivity index (χ0n) is 9.70. The molecule has 5 heteroatoms. The van der Waals surface area contributed by atoms with E-state index < -0.39 is 5.97 Å². The zero-order chi connectivity index (χ0) is 12.8. The van der Waals surface area contributed by atoms with E-state index in [4.69, 9.17) is 9.57 Å². The van der Waals surface area contributed by atoms with Crippen molar-refractivity contribution in [3.63, 3.8) is 0 Å². The first-order chi connectivity index (χ1) is 8.79. The third kappa shape index (κ3) is 3.18. The molecule has 0 unspecified atom stereocenters. The Bertz CT molecular complexity index is 548. The standard InChI is InChI=1S/C13H11NO3S/c1-16-12-8-7-11(18-12)9-14-17-13(15)10-5-3-2-4-6-10/h2-9H,1H3/b14-9-. The maximum atomic E-state index is 11.5. The Labute approximate surface area is 108 Å². The summed E-state index contributed by atoms with van der Waals surface area (Å²) in [6, 6.07) is 12.4. The number of carbonyl (C=O) groups excluding carboxylic acids is 1. The van der Waals surface area contributed by atoms with E-state index in [0.717, 1.165) is 9.94 Å². The minimum Gasteiger partial charge on any atom is -0.487 e. The van der Waals surface area contributed by atoms with Gasteiger partial charge in [0.1, 0.15) is 0 Å². The van der Waals surface area contributed by atoms with Crippen LogP contribution in [-0.4, -0.2) is 19.3 Å². The van der Waals surface area contributed by atoms with Gasteiger partial charge in [0.2, 0.25) is 0 Å². The van der Waals surface area contributed by atoms with Gasteiger partial charge in [-0.1, -0.05) is 34.7 Å². The molecule has 1 heterocycles. The van der Waals surface area contributed by atoms with Crippen molar-refractivity contribution >= 4 is 23.5 Å². The van der Waals surface area contributed by atoms with Gasteiger partial charge in [-0.3, -0.25) is 0 Å². The van der Waals surface area contributed by atoms with Gasteiger partial charge in [0, 0.05) is 0 Å². The molecule has 0 fully saturated rings. The van der Waals surface area contributed by atoms with Crippen LogP contribution in [0.25, 0.3) is 0 Å². The first kappa shape index (κ1) is 12.3. The van der Waals surface area contributed by atoms with E-state index in [-0.39, 0.29) is 0 Å². The second-order valence-electron chi connectivity index (χ2n) is 3.34. The molecule has 92 valence electrons. The third-order valence-corrected chi connectivity index (χ3v) is 3.11. The van der Waals surface area contributed by atoms with Crippen LogP contribution in [-0.2, 0) is 4.84 Å². The minimum absolute atomic E-state index is 0.471. The van der Waals surface area contributed by atoms with E-state index in [0.29, 0.717) is 5.56 Å². The van der Waals surface area contributed by atoms with E-state index in [2.05, 4.69) is 5.16 Å². The highest BCUT2D eigenvalue weighted by atomic mass is 32.1. The molecular formula is C13H11NO3S. The van der Waals surface area contributed by atoms with Crippen molar-refractivity contribution in [2.75, 3.05) is 7.11 Å². The smallest absolute Gasteiger partial charge is 0.365 e. The molecule has 0 atom stereocenters. The van der Waals surface area contributed by atoms with Crippen LogP contribution in [0.1, 0.15) is 15.2 Å². The molecule has 1 aromatic carbocycles. The fourth-order valence-corrected chi connectivity index (χ4v) is 1.95. The van der Waals surface area contributed by atoms with E-state index in [9.17, 15) is 4.79 Å². The van der Waals surface area contributed by atoms with Gasteiger partial charge in [-0.2, -0.15) is 0 Å². The first-order valence-corrected chi connectivity index (χ1v) is 6.05. The van der Waals surface area contributed by atoms with Crippen molar-refractivity contribution in [2.24, 2.45) is 5.16 Å². The zero-order valence-corrected chi connectivity index (χ0v) is 10.5. The average molecular weight is 261 g/mol. The van der Waals surface area contributed by atoms with E-state index in [1.807, 2.05) is 18.2 Å². The van der Waals surface area contributed by atoms with Crippen molar-refractivity contribution in [3.05, 3.63) is 52.9 Å². The largest absolute Gasteiger partial charge is 0.487 e. The van der Waals surface area contributed by atoms with Crippen LogP contribution in [0.15, 0.2) is 47.6 Å². The number of ether oxygens (including phenoxy) is 1. The molecule has 0 saturated heterocycles. The molecule has 0 aliphatic heterocycles. The van der Waals surface area contributed by atoms with Gasteiger partial charge in [0.05, 0.1) is 23.8 Å². The highest BCUT2D eigenvalue weighted by Crippen LogP contribution is 2.22. The lowest BCUT2D eigenvalue weighted by Crippen LogP contribution is -2.00. The summed E-state index contributed by atoms with van der Waals surface area (Å²) >= 11 is 1.42. The Morgan fingerprint density at radius 1 is 1.22 bits per heavy atom. The van der Waals surface area contributed by atoms with Gasteiger partial charge >= 0.3 is 5.97 Å². The van der Waals surface area contributed by atoms with Gasteiger partial charge in [-0.15, -0.1) is 0 Å². The number of carbonyl (C=O) groups is 1. The number of benzene rings is 1. The highest BCUT2D eigenvalue weighted by molar-refractivity contribution is 7.15. The summed E-state index contributed by atoms with van der Waals surface area (Å²) in [6.07, 6.45) is 1.48. The topological polar surface area (TPSA) is 47.9 Å². The molecule has 1 aromatic heterocycles. The number of nitrogens with zero attached hydrogens (tertiary/aromatic N) is 1. The number of thiophene rings is 1. The van der Waals surface area contributed by atoms with E-state index in [1.54, 1.807) is 31.4 Å². The van der Waals surface area contributed by atoms with Crippen LogP contribution in [0.4, 0.5) is 0 Å². The lowest BCUT2D eigenvalue weighted by Gasteiger charge is -1.95. The Kier molecular flexibility index (Phi) is 4.09. The van der Waals surface area contributed by atoms with Gasteiger partial charge in [0.25, 0.3) is 0 Å².